The summed E-state index contributed by atoms with van der Waals surface area (Å²) >= 11 is 6.92. The van der Waals surface area contributed by atoms with Crippen LogP contribution in [0.5, 0.6) is 5.75 Å². The van der Waals surface area contributed by atoms with Gasteiger partial charge < -0.3 is 4.74 Å². The van der Waals surface area contributed by atoms with Crippen molar-refractivity contribution < 1.29 is 23.1 Å². The maximum Gasteiger partial charge on any atom is 0.280 e. The Morgan fingerprint density at radius 1 is 1.06 bits per heavy atom. The number of nitrogens with one attached hydrogen (secondary N) is 1. The number of hydrogen-bond donors (Lipinski definition) is 1. The van der Waals surface area contributed by atoms with Gasteiger partial charge in [-0.15, -0.1) is 0 Å². The molecule has 3 aromatic heterocycles. The van der Waals surface area contributed by atoms with Gasteiger partial charge in [-0.05, 0) is 36.8 Å². The number of Topliss-reactive ketones (excluding diaryl/α,β-unsaturated/α-hetero) is 1. The molecule has 0 spiro atoms. The Bertz CT molecular complexity index is 1430. The van der Waals surface area contributed by atoms with Gasteiger partial charge in [0.2, 0.25) is 0 Å². The van der Waals surface area contributed by atoms with E-state index in [0.29, 0.717) is 21.2 Å². The van der Waals surface area contributed by atoms with Gasteiger partial charge in [0.1, 0.15) is 11.4 Å². The lowest BCUT2D eigenvalue weighted by molar-refractivity contribution is 0.0994. The molecule has 0 aliphatic heterocycles. The van der Waals surface area contributed by atoms with Crippen molar-refractivity contribution in [1.82, 2.24) is 15.0 Å². The number of methoxy groups -OCH3 is 1. The molecule has 1 aromatic carbocycles. The average Bonchev–Trinajstić information content (AvgIpc) is 3.33. The van der Waals surface area contributed by atoms with Gasteiger partial charge in [0, 0.05) is 34.5 Å². The van der Waals surface area contributed by atoms with Crippen LogP contribution in [0.15, 0.2) is 55.0 Å². The summed E-state index contributed by atoms with van der Waals surface area (Å²) in [6, 6.07) is 9.73. The predicted octanol–water partition coefficient (Wildman–Crippen LogP) is 6.19. The molecule has 0 aliphatic carbocycles. The van der Waals surface area contributed by atoms with Gasteiger partial charge in [0.05, 0.1) is 29.9 Å². The normalized spacial score (nSPS) is 10.9. The van der Waals surface area contributed by atoms with Crippen LogP contribution < -0.4 is 10.1 Å². The third-order valence-corrected chi connectivity index (χ3v) is 6.39. The Morgan fingerprint density at radius 2 is 1.81 bits per heavy atom. The maximum atomic E-state index is 13.3. The van der Waals surface area contributed by atoms with Crippen LogP contribution in [-0.2, 0) is 6.42 Å². The number of anilines is 1. The van der Waals surface area contributed by atoms with E-state index >= 15 is 0 Å². The van der Waals surface area contributed by atoms with Crippen LogP contribution in [0, 0.1) is 6.92 Å². The Balaban J connectivity index is 1.59. The molecule has 0 fully saturated rings. The second-order valence-corrected chi connectivity index (χ2v) is 9.16. The zero-order valence-electron chi connectivity index (χ0n) is 19.1. The summed E-state index contributed by atoms with van der Waals surface area (Å²) in [4.78, 5) is 38.2. The van der Waals surface area contributed by atoms with E-state index in [2.05, 4.69) is 20.3 Å². The number of aryl methyl sites for hydroxylation is 1. The Labute approximate surface area is 214 Å². The second kappa shape index (κ2) is 10.9. The first-order chi connectivity index (χ1) is 17.2. The van der Waals surface area contributed by atoms with E-state index in [-0.39, 0.29) is 34.2 Å². The summed E-state index contributed by atoms with van der Waals surface area (Å²) < 4.78 is 31.9. The first kappa shape index (κ1) is 25.3. The summed E-state index contributed by atoms with van der Waals surface area (Å²) in [6.07, 6.45) is 1.30. The molecule has 7 nitrogen and oxygen atoms in total. The van der Waals surface area contributed by atoms with E-state index in [9.17, 15) is 18.4 Å². The van der Waals surface area contributed by atoms with Crippen LogP contribution in [0.1, 0.15) is 43.4 Å². The van der Waals surface area contributed by atoms with Crippen molar-refractivity contribution >= 4 is 39.8 Å². The summed E-state index contributed by atoms with van der Waals surface area (Å²) in [6.45, 7) is 1.71. The highest BCUT2D eigenvalue weighted by molar-refractivity contribution is 7.17. The monoisotopic (exact) mass is 528 g/mol. The Kier molecular flexibility index (Phi) is 7.66. The number of pyridine rings is 2. The molecule has 4 aromatic rings. The van der Waals surface area contributed by atoms with E-state index in [1.807, 2.05) is 0 Å². The SMILES string of the molecule is COc1cnc(C(F)F)cc1-c1cc(C)ncc1C(=O)Nc1ncc(C(=O)Cc2ccc(Cl)cc2)s1. The minimum Gasteiger partial charge on any atom is -0.494 e. The smallest absolute Gasteiger partial charge is 0.280 e. The molecule has 1 N–H and O–H groups in total. The van der Waals surface area contributed by atoms with Gasteiger partial charge in [-0.2, -0.15) is 0 Å². The summed E-state index contributed by atoms with van der Waals surface area (Å²) in [5.41, 5.74) is 1.66. The van der Waals surface area contributed by atoms with Crippen molar-refractivity contribution in [2.75, 3.05) is 12.4 Å². The molecule has 0 atom stereocenters. The van der Waals surface area contributed by atoms with Gasteiger partial charge in [0.15, 0.2) is 10.9 Å². The van der Waals surface area contributed by atoms with Crippen molar-refractivity contribution in [2.45, 2.75) is 19.8 Å². The maximum absolute atomic E-state index is 13.3. The molecule has 3 heterocycles. The fourth-order valence-corrected chi connectivity index (χ4v) is 4.29. The zero-order chi connectivity index (χ0) is 25.8. The highest BCUT2D eigenvalue weighted by Gasteiger charge is 2.21. The molecule has 0 radical (unpaired) electrons. The number of amides is 1. The number of carbonyl (C=O) groups is 2. The van der Waals surface area contributed by atoms with Gasteiger partial charge in [-0.3, -0.25) is 24.9 Å². The number of ether oxygens (including phenoxy) is 1. The summed E-state index contributed by atoms with van der Waals surface area (Å²) in [5.74, 6) is -0.501. The molecule has 36 heavy (non-hydrogen) atoms. The van der Waals surface area contributed by atoms with E-state index in [0.717, 1.165) is 16.9 Å². The fraction of sp³-hybridized carbons (Fsp3) is 0.160. The third-order valence-electron chi connectivity index (χ3n) is 5.19. The number of alkyl halides is 2. The number of hydrogen-bond acceptors (Lipinski definition) is 7. The molecule has 4 rings (SSSR count). The van der Waals surface area contributed by atoms with Gasteiger partial charge in [-0.25, -0.2) is 13.8 Å². The topological polar surface area (TPSA) is 94.1 Å². The Hall–Kier alpha value is -3.76. The van der Waals surface area contributed by atoms with Gasteiger partial charge >= 0.3 is 0 Å². The Morgan fingerprint density at radius 3 is 2.50 bits per heavy atom. The lowest BCUT2D eigenvalue weighted by Gasteiger charge is -2.14. The molecular formula is C25H19ClF2N4O3S. The lowest BCUT2D eigenvalue weighted by Crippen LogP contribution is -2.14. The van der Waals surface area contributed by atoms with Crippen molar-refractivity contribution in [1.29, 1.82) is 0 Å². The second-order valence-electron chi connectivity index (χ2n) is 7.69. The molecule has 11 heteroatoms. The van der Waals surface area contributed by atoms with Crippen LogP contribution in [0.2, 0.25) is 5.02 Å². The largest absolute Gasteiger partial charge is 0.494 e. The van der Waals surface area contributed by atoms with Crippen LogP contribution in [0.3, 0.4) is 0 Å². The molecule has 0 saturated heterocycles. The highest BCUT2D eigenvalue weighted by Crippen LogP contribution is 2.35. The van der Waals surface area contributed by atoms with Crippen molar-refractivity contribution in [2.24, 2.45) is 0 Å². The minimum atomic E-state index is -2.80. The van der Waals surface area contributed by atoms with E-state index < -0.39 is 18.0 Å². The predicted molar refractivity (Wildman–Crippen MR) is 133 cm³/mol. The summed E-state index contributed by atoms with van der Waals surface area (Å²) in [7, 11) is 1.38. The third kappa shape index (κ3) is 5.72. The lowest BCUT2D eigenvalue weighted by atomic mass is 9.99. The van der Waals surface area contributed by atoms with Crippen LogP contribution in [-0.4, -0.2) is 33.8 Å². The van der Waals surface area contributed by atoms with E-state index in [1.54, 1.807) is 37.3 Å². The molecular weight excluding hydrogens is 510 g/mol. The van der Waals surface area contributed by atoms with Crippen molar-refractivity contribution in [3.05, 3.63) is 87.4 Å². The van der Waals surface area contributed by atoms with E-state index in [1.165, 1.54) is 31.8 Å². The number of nitrogens with zero attached hydrogens (tertiary/aromatic N) is 3. The van der Waals surface area contributed by atoms with Gasteiger partial charge in [0.25, 0.3) is 12.3 Å². The quantitative estimate of drug-likeness (QED) is 0.274. The molecule has 0 unspecified atom stereocenters. The van der Waals surface area contributed by atoms with Crippen LogP contribution >= 0.6 is 22.9 Å². The van der Waals surface area contributed by atoms with E-state index in [4.69, 9.17) is 16.3 Å². The van der Waals surface area contributed by atoms with Crippen LogP contribution in [0.4, 0.5) is 13.9 Å². The number of ketones is 1. The van der Waals surface area contributed by atoms with Crippen molar-refractivity contribution in [3.8, 4) is 16.9 Å². The average molecular weight is 529 g/mol. The molecule has 0 bridgehead atoms. The molecule has 184 valence electrons. The number of carbonyl (C=O) groups excluding carboxylic acids is 2. The zero-order valence-corrected chi connectivity index (χ0v) is 20.7. The first-order valence-electron chi connectivity index (χ1n) is 10.6. The summed E-state index contributed by atoms with van der Waals surface area (Å²) in [5, 5.41) is 3.45. The molecule has 0 saturated carbocycles. The molecule has 0 aliphatic rings. The van der Waals surface area contributed by atoms with Crippen molar-refractivity contribution in [3.63, 3.8) is 0 Å². The minimum absolute atomic E-state index is 0.120. The number of benzene rings is 1. The number of rotatable bonds is 8. The standard InChI is InChI=1S/C25H19ClF2N4O3S/c1-13-7-16(17-9-19(23(27)28)30-11-21(17)35-2)18(10-29-13)24(34)32-25-31-12-22(36-25)20(33)8-14-3-5-15(26)6-4-14/h3-7,9-12,23H,8H2,1-2H3,(H,31,32,34). The number of aromatic nitrogens is 3. The number of thiazole rings is 1. The first-order valence-corrected chi connectivity index (χ1v) is 11.8. The fourth-order valence-electron chi connectivity index (χ4n) is 3.42. The highest BCUT2D eigenvalue weighted by atomic mass is 35.5. The van der Waals surface area contributed by atoms with Crippen LogP contribution in [0.25, 0.3) is 11.1 Å². The molecule has 1 amide bonds. The number of halogens is 3. The van der Waals surface area contributed by atoms with Gasteiger partial charge in [-0.1, -0.05) is 35.1 Å².